The van der Waals surface area contributed by atoms with Gasteiger partial charge in [-0.1, -0.05) is 44.5 Å². The summed E-state index contributed by atoms with van der Waals surface area (Å²) in [4.78, 5) is 52.5. The van der Waals surface area contributed by atoms with Crippen molar-refractivity contribution in [3.05, 3.63) is 36.2 Å². The number of amides is 4. The van der Waals surface area contributed by atoms with E-state index in [0.29, 0.717) is 17.2 Å². The summed E-state index contributed by atoms with van der Waals surface area (Å²) in [5.74, 6) is -5.54. The van der Waals surface area contributed by atoms with Gasteiger partial charge in [0.25, 0.3) is 0 Å². The maximum atomic E-state index is 13.7. The molecule has 38 heavy (non-hydrogen) atoms. The summed E-state index contributed by atoms with van der Waals surface area (Å²) in [6.07, 6.45) is -1.47. The Bertz CT molecular complexity index is 1250. The van der Waals surface area contributed by atoms with Gasteiger partial charge in [-0.3, -0.25) is 19.2 Å². The fourth-order valence-corrected chi connectivity index (χ4v) is 5.55. The van der Waals surface area contributed by atoms with E-state index < -0.39 is 53.8 Å². The van der Waals surface area contributed by atoms with Crippen LogP contribution >= 0.6 is 0 Å². The molecule has 2 aromatic rings. The van der Waals surface area contributed by atoms with Crippen LogP contribution in [-0.4, -0.2) is 63.5 Å². The van der Waals surface area contributed by atoms with Gasteiger partial charge in [-0.15, -0.1) is 0 Å². The molecule has 0 spiro atoms. The smallest absolute Gasteiger partial charge is 0.368 e. The molecular weight excluding hydrogens is 505 g/mol. The van der Waals surface area contributed by atoms with Gasteiger partial charge in [0.05, 0.1) is 6.20 Å². The predicted molar refractivity (Wildman–Crippen MR) is 129 cm³/mol. The van der Waals surface area contributed by atoms with E-state index >= 15 is 0 Å². The molecule has 2 fully saturated rings. The summed E-state index contributed by atoms with van der Waals surface area (Å²) < 4.78 is 38.8. The van der Waals surface area contributed by atoms with Crippen molar-refractivity contribution in [2.75, 3.05) is 6.54 Å². The standard InChI is InChI=1S/C25H29F3N6O4/c1-12(2)17(32-24(38)25(26,27)28)23(37)34-11-14-7-5-9-16(14)20(34)22(36)31-19(21(29)35)18-15-8-4-3-6-13(15)10-30-33-18/h3-4,6,8,10,12,14,16-17,19-20H,5,7,9,11H2,1-2H3,(H2,29,35)(H,31,36)(H,32,38)/t14-,16-,17-,19?,20-/m0/s1. The predicted octanol–water partition coefficient (Wildman–Crippen LogP) is 1.60. The van der Waals surface area contributed by atoms with Gasteiger partial charge in [0, 0.05) is 17.3 Å². The maximum absolute atomic E-state index is 13.7. The van der Waals surface area contributed by atoms with Crippen LogP contribution in [0.1, 0.15) is 44.8 Å². The highest BCUT2D eigenvalue weighted by atomic mass is 19.4. The van der Waals surface area contributed by atoms with Gasteiger partial charge in [-0.2, -0.15) is 23.4 Å². The molecule has 13 heteroatoms. The summed E-state index contributed by atoms with van der Waals surface area (Å²) in [7, 11) is 0. The number of primary amides is 1. The fourth-order valence-electron chi connectivity index (χ4n) is 5.55. The number of carbonyl (C=O) groups is 4. The van der Waals surface area contributed by atoms with E-state index in [9.17, 15) is 32.3 Å². The summed E-state index contributed by atoms with van der Waals surface area (Å²) >= 11 is 0. The largest absolute Gasteiger partial charge is 0.471 e. The van der Waals surface area contributed by atoms with Gasteiger partial charge < -0.3 is 21.3 Å². The Labute approximate surface area is 216 Å². The zero-order valence-corrected chi connectivity index (χ0v) is 20.9. The molecule has 10 nitrogen and oxygen atoms in total. The molecule has 1 aromatic heterocycles. The van der Waals surface area contributed by atoms with Crippen LogP contribution in [-0.2, 0) is 19.2 Å². The van der Waals surface area contributed by atoms with Crippen molar-refractivity contribution in [1.29, 1.82) is 0 Å². The van der Waals surface area contributed by atoms with E-state index in [-0.39, 0.29) is 24.1 Å². The van der Waals surface area contributed by atoms with Crippen molar-refractivity contribution in [2.45, 2.75) is 57.4 Å². The first-order valence-corrected chi connectivity index (χ1v) is 12.4. The monoisotopic (exact) mass is 534 g/mol. The van der Waals surface area contributed by atoms with E-state index in [1.807, 2.05) is 0 Å². The lowest BCUT2D eigenvalue weighted by Gasteiger charge is -2.32. The van der Waals surface area contributed by atoms with Crippen molar-refractivity contribution >= 4 is 34.4 Å². The van der Waals surface area contributed by atoms with Gasteiger partial charge >= 0.3 is 12.1 Å². The van der Waals surface area contributed by atoms with Gasteiger partial charge in [0.15, 0.2) is 6.04 Å². The van der Waals surface area contributed by atoms with Gasteiger partial charge in [0.1, 0.15) is 17.8 Å². The number of aromatic nitrogens is 2. The third-order valence-corrected chi connectivity index (χ3v) is 7.36. The lowest BCUT2D eigenvalue weighted by molar-refractivity contribution is -0.175. The quantitative estimate of drug-likeness (QED) is 0.492. The average Bonchev–Trinajstić information content (AvgIpc) is 3.45. The Morgan fingerprint density at radius 2 is 1.82 bits per heavy atom. The number of alkyl halides is 3. The molecule has 1 aromatic carbocycles. The molecular formula is C25H29F3N6O4. The number of halogens is 3. The molecule has 2 heterocycles. The van der Waals surface area contributed by atoms with E-state index in [2.05, 4.69) is 15.5 Å². The molecule has 4 N–H and O–H groups in total. The first kappa shape index (κ1) is 27.3. The van der Waals surface area contributed by atoms with E-state index in [4.69, 9.17) is 5.73 Å². The first-order chi connectivity index (χ1) is 17.9. The Morgan fingerprint density at radius 1 is 1.11 bits per heavy atom. The number of hydrogen-bond donors (Lipinski definition) is 3. The molecule has 1 saturated carbocycles. The lowest BCUT2D eigenvalue weighted by Crippen LogP contribution is -2.58. The molecule has 2 aliphatic rings. The number of nitrogens with two attached hydrogens (primary N) is 1. The second-order valence-corrected chi connectivity index (χ2v) is 10.1. The van der Waals surface area contributed by atoms with Gasteiger partial charge in [-0.05, 0) is 30.6 Å². The van der Waals surface area contributed by atoms with Gasteiger partial charge in [-0.25, -0.2) is 0 Å². The van der Waals surface area contributed by atoms with Crippen molar-refractivity contribution in [3.63, 3.8) is 0 Å². The minimum atomic E-state index is -5.17. The molecule has 5 atom stereocenters. The lowest BCUT2D eigenvalue weighted by atomic mass is 9.92. The summed E-state index contributed by atoms with van der Waals surface area (Å²) in [5, 5.41) is 13.6. The molecule has 4 amide bonds. The number of nitrogens with one attached hydrogen (secondary N) is 2. The highest BCUT2D eigenvalue weighted by Crippen LogP contribution is 2.43. The molecule has 1 aliphatic heterocycles. The number of carbonyl (C=O) groups excluding carboxylic acids is 4. The normalized spacial score (nSPS) is 22.7. The Hall–Kier alpha value is -3.77. The van der Waals surface area contributed by atoms with Crippen molar-refractivity contribution in [2.24, 2.45) is 23.5 Å². The number of benzene rings is 1. The van der Waals surface area contributed by atoms with E-state index in [1.165, 1.54) is 24.9 Å². The fraction of sp³-hybridized carbons (Fsp3) is 0.520. The Kier molecular flexibility index (Phi) is 7.56. The van der Waals surface area contributed by atoms with Crippen molar-refractivity contribution < 1.29 is 32.3 Å². The molecule has 1 aliphatic carbocycles. The zero-order chi connectivity index (χ0) is 27.8. The van der Waals surface area contributed by atoms with Crippen LogP contribution in [0.2, 0.25) is 0 Å². The second kappa shape index (κ2) is 10.5. The first-order valence-electron chi connectivity index (χ1n) is 12.4. The summed E-state index contributed by atoms with van der Waals surface area (Å²) in [6, 6.07) is 3.07. The number of fused-ring (bicyclic) bond motifs is 2. The highest BCUT2D eigenvalue weighted by molar-refractivity contribution is 5.97. The molecule has 1 saturated heterocycles. The van der Waals surface area contributed by atoms with Crippen LogP contribution in [0, 0.1) is 17.8 Å². The minimum absolute atomic E-state index is 0.0368. The van der Waals surface area contributed by atoms with E-state index in [1.54, 1.807) is 29.6 Å². The SMILES string of the molecule is CC(C)[C@H](NC(=O)C(F)(F)F)C(=O)N1C[C@@H]2CCC[C@@H]2[C@H]1C(=O)NC(C(N)=O)c1nncc2ccccc12. The van der Waals surface area contributed by atoms with Crippen LogP contribution in [0.3, 0.4) is 0 Å². The molecule has 0 bridgehead atoms. The Balaban J connectivity index is 1.63. The maximum Gasteiger partial charge on any atom is 0.471 e. The summed E-state index contributed by atoms with van der Waals surface area (Å²) in [6.45, 7) is 3.17. The highest BCUT2D eigenvalue weighted by Gasteiger charge is 2.52. The number of likely N-dealkylation sites (tertiary alicyclic amines) is 1. The second-order valence-electron chi connectivity index (χ2n) is 10.1. The topological polar surface area (TPSA) is 147 Å². The third-order valence-electron chi connectivity index (χ3n) is 7.36. The third kappa shape index (κ3) is 5.27. The van der Waals surface area contributed by atoms with Crippen molar-refractivity contribution in [1.82, 2.24) is 25.7 Å². The van der Waals surface area contributed by atoms with Crippen LogP contribution in [0.5, 0.6) is 0 Å². The molecule has 1 unspecified atom stereocenters. The zero-order valence-electron chi connectivity index (χ0n) is 20.9. The van der Waals surface area contributed by atoms with Crippen LogP contribution in [0.15, 0.2) is 30.5 Å². The minimum Gasteiger partial charge on any atom is -0.368 e. The van der Waals surface area contributed by atoms with Crippen LogP contribution in [0.25, 0.3) is 10.8 Å². The number of nitrogens with zero attached hydrogens (tertiary/aromatic N) is 3. The number of hydrogen-bond acceptors (Lipinski definition) is 6. The van der Waals surface area contributed by atoms with Gasteiger partial charge in [0.2, 0.25) is 17.7 Å². The molecule has 0 radical (unpaired) electrons. The average molecular weight is 535 g/mol. The Morgan fingerprint density at radius 3 is 2.47 bits per heavy atom. The van der Waals surface area contributed by atoms with E-state index in [0.717, 1.165) is 12.8 Å². The number of rotatable bonds is 7. The molecule has 4 rings (SSSR count). The molecule has 204 valence electrons. The summed E-state index contributed by atoms with van der Waals surface area (Å²) in [5.41, 5.74) is 5.77. The van der Waals surface area contributed by atoms with Crippen LogP contribution < -0.4 is 16.4 Å². The van der Waals surface area contributed by atoms with Crippen molar-refractivity contribution in [3.8, 4) is 0 Å². The van der Waals surface area contributed by atoms with Crippen LogP contribution in [0.4, 0.5) is 13.2 Å².